The summed E-state index contributed by atoms with van der Waals surface area (Å²) in [6.45, 7) is 3.44. The van der Waals surface area contributed by atoms with Crippen molar-refractivity contribution < 1.29 is 23.8 Å². The summed E-state index contributed by atoms with van der Waals surface area (Å²) in [7, 11) is 1.59. The lowest BCUT2D eigenvalue weighted by Crippen LogP contribution is -2.10. The Balaban J connectivity index is 1.73. The van der Waals surface area contributed by atoms with Gasteiger partial charge >= 0.3 is 5.97 Å². The molecule has 134 valence electrons. The quantitative estimate of drug-likeness (QED) is 0.698. The summed E-state index contributed by atoms with van der Waals surface area (Å²) in [5.74, 6) is 0.388. The van der Waals surface area contributed by atoms with E-state index in [1.807, 2.05) is 6.92 Å². The largest absolute Gasteiger partial charge is 0.507 e. The minimum atomic E-state index is -0.761. The summed E-state index contributed by atoms with van der Waals surface area (Å²) >= 11 is 0. The number of aryl methyl sites for hydroxylation is 1. The number of aromatic hydroxyl groups is 1. The zero-order chi connectivity index (χ0) is 18.7. The van der Waals surface area contributed by atoms with E-state index < -0.39 is 12.1 Å². The van der Waals surface area contributed by atoms with Crippen LogP contribution in [-0.4, -0.2) is 28.4 Å². The Hall–Kier alpha value is -3.35. The van der Waals surface area contributed by atoms with Crippen LogP contribution in [0.25, 0.3) is 11.5 Å². The standard InChI is InChI=1S/C19H18N2O5/c1-11-4-9-15(16(22)10-11)19(23)25-12(2)17-20-21-18(26-17)13-5-7-14(24-3)8-6-13/h4-10,12,22H,1-3H3/t12-/m1/s1. The fraction of sp³-hybridized carbons (Fsp3) is 0.211. The van der Waals surface area contributed by atoms with E-state index in [0.29, 0.717) is 11.6 Å². The van der Waals surface area contributed by atoms with Gasteiger partial charge in [-0.25, -0.2) is 4.79 Å². The SMILES string of the molecule is COc1ccc(-c2nnc([C@@H](C)OC(=O)c3ccc(C)cc3O)o2)cc1. The van der Waals surface area contributed by atoms with E-state index in [1.165, 1.54) is 12.1 Å². The molecular weight excluding hydrogens is 336 g/mol. The van der Waals surface area contributed by atoms with Crippen molar-refractivity contribution in [1.82, 2.24) is 10.2 Å². The lowest BCUT2D eigenvalue weighted by Gasteiger charge is -2.10. The normalized spacial score (nSPS) is 11.8. The molecule has 0 bridgehead atoms. The topological polar surface area (TPSA) is 94.7 Å². The molecule has 7 nitrogen and oxygen atoms in total. The molecule has 0 aliphatic heterocycles. The maximum Gasteiger partial charge on any atom is 0.342 e. The fourth-order valence-electron chi connectivity index (χ4n) is 2.34. The number of aromatic nitrogens is 2. The van der Waals surface area contributed by atoms with E-state index >= 15 is 0 Å². The summed E-state index contributed by atoms with van der Waals surface area (Å²) in [6, 6.07) is 11.9. The summed E-state index contributed by atoms with van der Waals surface area (Å²) in [5.41, 5.74) is 1.64. The van der Waals surface area contributed by atoms with E-state index in [-0.39, 0.29) is 17.2 Å². The van der Waals surface area contributed by atoms with Crippen LogP contribution in [0, 0.1) is 6.92 Å². The Morgan fingerprint density at radius 3 is 2.54 bits per heavy atom. The van der Waals surface area contributed by atoms with Crippen molar-refractivity contribution >= 4 is 5.97 Å². The van der Waals surface area contributed by atoms with E-state index in [9.17, 15) is 9.90 Å². The first kappa shape index (κ1) is 17.5. The molecule has 1 atom stereocenters. The molecule has 3 rings (SSSR count). The van der Waals surface area contributed by atoms with Crippen molar-refractivity contribution in [3.63, 3.8) is 0 Å². The lowest BCUT2D eigenvalue weighted by atomic mass is 10.1. The van der Waals surface area contributed by atoms with Gasteiger partial charge in [-0.2, -0.15) is 0 Å². The van der Waals surface area contributed by atoms with Crippen molar-refractivity contribution in [2.75, 3.05) is 7.11 Å². The van der Waals surface area contributed by atoms with Crippen LogP contribution >= 0.6 is 0 Å². The third kappa shape index (κ3) is 3.66. The number of ether oxygens (including phenoxy) is 2. The zero-order valence-electron chi connectivity index (χ0n) is 14.6. The Kier molecular flexibility index (Phi) is 4.88. The number of hydrogen-bond acceptors (Lipinski definition) is 7. The molecule has 0 aliphatic rings. The van der Waals surface area contributed by atoms with Crippen LogP contribution in [0.5, 0.6) is 11.5 Å². The first-order valence-corrected chi connectivity index (χ1v) is 7.96. The molecule has 7 heteroatoms. The number of nitrogens with zero attached hydrogens (tertiary/aromatic N) is 2. The molecule has 0 fully saturated rings. The Morgan fingerprint density at radius 2 is 1.88 bits per heavy atom. The van der Waals surface area contributed by atoms with Gasteiger partial charge in [0.2, 0.25) is 5.89 Å². The molecule has 0 saturated heterocycles. The predicted molar refractivity (Wildman–Crippen MR) is 93.0 cm³/mol. The highest BCUT2D eigenvalue weighted by Gasteiger charge is 2.21. The molecular formula is C19H18N2O5. The van der Waals surface area contributed by atoms with Crippen molar-refractivity contribution in [2.24, 2.45) is 0 Å². The van der Waals surface area contributed by atoms with Crippen LogP contribution < -0.4 is 4.74 Å². The number of benzene rings is 2. The average molecular weight is 354 g/mol. The van der Waals surface area contributed by atoms with Gasteiger partial charge in [-0.15, -0.1) is 10.2 Å². The molecule has 0 saturated carbocycles. The predicted octanol–water partition coefficient (Wildman–Crippen LogP) is 3.68. The summed E-state index contributed by atoms with van der Waals surface area (Å²) in [5, 5.41) is 17.8. The van der Waals surface area contributed by atoms with Gasteiger partial charge in [-0.05, 0) is 55.8 Å². The van der Waals surface area contributed by atoms with Gasteiger partial charge in [0, 0.05) is 5.56 Å². The number of phenolic OH excluding ortho intramolecular Hbond substituents is 1. The lowest BCUT2D eigenvalue weighted by molar-refractivity contribution is 0.0277. The van der Waals surface area contributed by atoms with Crippen LogP contribution in [0.1, 0.15) is 34.8 Å². The number of esters is 1. The van der Waals surface area contributed by atoms with E-state index in [1.54, 1.807) is 44.4 Å². The summed E-state index contributed by atoms with van der Waals surface area (Å²) < 4.78 is 16.0. The van der Waals surface area contributed by atoms with Gasteiger partial charge in [-0.3, -0.25) is 0 Å². The van der Waals surface area contributed by atoms with Crippen LogP contribution in [0.4, 0.5) is 0 Å². The molecule has 1 N–H and O–H groups in total. The third-order valence-electron chi connectivity index (χ3n) is 3.78. The molecule has 3 aromatic rings. The van der Waals surface area contributed by atoms with Crippen LogP contribution in [-0.2, 0) is 4.74 Å². The van der Waals surface area contributed by atoms with Gasteiger partial charge in [-0.1, -0.05) is 6.07 Å². The first-order chi connectivity index (χ1) is 12.5. The van der Waals surface area contributed by atoms with Gasteiger partial charge in [0.25, 0.3) is 5.89 Å². The maximum atomic E-state index is 12.2. The highest BCUT2D eigenvalue weighted by Crippen LogP contribution is 2.26. The molecule has 0 unspecified atom stereocenters. The Morgan fingerprint density at radius 1 is 1.15 bits per heavy atom. The number of hydrogen-bond donors (Lipinski definition) is 1. The number of rotatable bonds is 5. The van der Waals surface area contributed by atoms with Gasteiger partial charge < -0.3 is 19.0 Å². The van der Waals surface area contributed by atoms with Gasteiger partial charge in [0.05, 0.1) is 7.11 Å². The highest BCUT2D eigenvalue weighted by molar-refractivity contribution is 5.92. The number of phenols is 1. The highest BCUT2D eigenvalue weighted by atomic mass is 16.6. The van der Waals surface area contributed by atoms with Crippen LogP contribution in [0.3, 0.4) is 0 Å². The van der Waals surface area contributed by atoms with Gasteiger partial charge in [0.15, 0.2) is 6.10 Å². The summed E-state index contributed by atoms with van der Waals surface area (Å²) in [4.78, 5) is 12.2. The zero-order valence-corrected chi connectivity index (χ0v) is 14.6. The summed E-state index contributed by atoms with van der Waals surface area (Å²) in [6.07, 6.45) is -0.761. The fourth-order valence-corrected chi connectivity index (χ4v) is 2.34. The van der Waals surface area contributed by atoms with Crippen LogP contribution in [0.15, 0.2) is 46.9 Å². The number of carbonyl (C=O) groups excluding carboxylic acids is 1. The smallest absolute Gasteiger partial charge is 0.342 e. The van der Waals surface area contributed by atoms with E-state index in [0.717, 1.165) is 11.1 Å². The number of carbonyl (C=O) groups is 1. The van der Waals surface area contributed by atoms with E-state index in [2.05, 4.69) is 10.2 Å². The molecule has 0 amide bonds. The molecule has 0 aliphatic carbocycles. The second-order valence-electron chi connectivity index (χ2n) is 5.74. The second kappa shape index (κ2) is 7.26. The molecule has 1 heterocycles. The van der Waals surface area contributed by atoms with Crippen LogP contribution in [0.2, 0.25) is 0 Å². The third-order valence-corrected chi connectivity index (χ3v) is 3.78. The Bertz CT molecular complexity index is 918. The van der Waals surface area contributed by atoms with Crippen molar-refractivity contribution in [2.45, 2.75) is 20.0 Å². The molecule has 1 aromatic heterocycles. The van der Waals surface area contributed by atoms with Crippen molar-refractivity contribution in [1.29, 1.82) is 0 Å². The maximum absolute atomic E-state index is 12.2. The minimum Gasteiger partial charge on any atom is -0.507 e. The molecule has 0 radical (unpaired) electrons. The van der Waals surface area contributed by atoms with Crippen molar-refractivity contribution in [3.8, 4) is 23.0 Å². The Labute approximate surface area is 150 Å². The average Bonchev–Trinajstić information content (AvgIpc) is 3.12. The molecule has 0 spiro atoms. The number of methoxy groups -OCH3 is 1. The molecule has 2 aromatic carbocycles. The monoisotopic (exact) mass is 354 g/mol. The first-order valence-electron chi connectivity index (χ1n) is 7.96. The molecule has 26 heavy (non-hydrogen) atoms. The second-order valence-corrected chi connectivity index (χ2v) is 5.74. The van der Waals surface area contributed by atoms with E-state index in [4.69, 9.17) is 13.9 Å². The minimum absolute atomic E-state index is 0.0809. The van der Waals surface area contributed by atoms with Gasteiger partial charge in [0.1, 0.15) is 17.1 Å². The van der Waals surface area contributed by atoms with Crippen molar-refractivity contribution in [3.05, 3.63) is 59.5 Å².